The molecule has 1 N–H and O–H groups in total. The summed E-state index contributed by atoms with van der Waals surface area (Å²) in [6.07, 6.45) is 5.42. The molecule has 0 spiro atoms. The predicted molar refractivity (Wildman–Crippen MR) is 71.9 cm³/mol. The Morgan fingerprint density at radius 3 is 2.88 bits per heavy atom. The molecule has 1 aliphatic carbocycles. The van der Waals surface area contributed by atoms with Gasteiger partial charge in [-0.2, -0.15) is 0 Å². The van der Waals surface area contributed by atoms with Crippen LogP contribution >= 0.6 is 0 Å². The van der Waals surface area contributed by atoms with Crippen LogP contribution in [0.3, 0.4) is 0 Å². The van der Waals surface area contributed by atoms with Crippen molar-refractivity contribution in [1.29, 1.82) is 0 Å². The van der Waals surface area contributed by atoms with Crippen molar-refractivity contribution in [3.05, 3.63) is 37.0 Å². The van der Waals surface area contributed by atoms with Crippen LogP contribution in [0.2, 0.25) is 0 Å². The molecule has 1 aliphatic rings. The van der Waals surface area contributed by atoms with Crippen molar-refractivity contribution in [3.8, 4) is 0 Å². The molecule has 0 aromatic rings. The van der Waals surface area contributed by atoms with Gasteiger partial charge in [0.15, 0.2) is 0 Å². The van der Waals surface area contributed by atoms with E-state index in [1.807, 2.05) is 6.92 Å². The first-order chi connectivity index (χ1) is 8.00. The molecule has 2 atom stereocenters. The Labute approximate surface area is 105 Å². The van der Waals surface area contributed by atoms with Gasteiger partial charge in [0.2, 0.25) is 0 Å². The molecule has 1 rings (SSSR count). The highest BCUT2D eigenvalue weighted by Gasteiger charge is 2.41. The van der Waals surface area contributed by atoms with Crippen molar-refractivity contribution in [3.63, 3.8) is 0 Å². The molecule has 0 bridgehead atoms. The fourth-order valence-electron chi connectivity index (χ4n) is 2.30. The number of aliphatic hydroxyl groups is 1. The topological polar surface area (TPSA) is 29.5 Å². The Morgan fingerprint density at radius 1 is 1.65 bits per heavy atom. The molecule has 2 nitrogen and oxygen atoms in total. The molecular weight excluding hydrogens is 212 g/mol. The van der Waals surface area contributed by atoms with Gasteiger partial charge in [-0.3, -0.25) is 0 Å². The number of rotatable bonds is 6. The molecule has 0 heterocycles. The Morgan fingerprint density at radius 2 is 2.35 bits per heavy atom. The summed E-state index contributed by atoms with van der Waals surface area (Å²) in [5, 5.41) is 10.3. The van der Waals surface area contributed by atoms with Crippen LogP contribution in [0, 0.1) is 0 Å². The monoisotopic (exact) mass is 236 g/mol. The highest BCUT2D eigenvalue weighted by Crippen LogP contribution is 2.38. The average Bonchev–Trinajstić information content (AvgIpc) is 2.27. The number of aliphatic hydroxyl groups excluding tert-OH is 1. The third kappa shape index (κ3) is 3.83. The molecule has 0 amide bonds. The number of ether oxygens (including phenoxy) is 1. The smallest absolute Gasteiger partial charge is 0.0953 e. The first-order valence-electron chi connectivity index (χ1n) is 6.24. The molecule has 0 radical (unpaired) electrons. The summed E-state index contributed by atoms with van der Waals surface area (Å²) in [5.74, 6) is 0. The van der Waals surface area contributed by atoms with Gasteiger partial charge in [0.25, 0.3) is 0 Å². The fourth-order valence-corrected chi connectivity index (χ4v) is 2.30. The molecular formula is C15H24O2. The predicted octanol–water partition coefficient (Wildman–Crippen LogP) is 3.39. The second-order valence-corrected chi connectivity index (χ2v) is 5.09. The second-order valence-electron chi connectivity index (χ2n) is 5.09. The van der Waals surface area contributed by atoms with Crippen molar-refractivity contribution in [2.75, 3.05) is 6.61 Å². The van der Waals surface area contributed by atoms with Gasteiger partial charge in [-0.05, 0) is 39.0 Å². The van der Waals surface area contributed by atoms with E-state index in [1.165, 1.54) is 0 Å². The lowest BCUT2D eigenvalue weighted by molar-refractivity contribution is -0.132. The van der Waals surface area contributed by atoms with Gasteiger partial charge in [-0.25, -0.2) is 0 Å². The molecule has 2 heteroatoms. The lowest BCUT2D eigenvalue weighted by atomic mass is 9.76. The molecule has 0 aromatic heterocycles. The van der Waals surface area contributed by atoms with Gasteiger partial charge in [-0.1, -0.05) is 23.8 Å². The van der Waals surface area contributed by atoms with Gasteiger partial charge in [0.05, 0.1) is 18.3 Å². The summed E-state index contributed by atoms with van der Waals surface area (Å²) in [6, 6.07) is 0. The van der Waals surface area contributed by atoms with E-state index >= 15 is 0 Å². The maximum atomic E-state index is 10.3. The van der Waals surface area contributed by atoms with Crippen molar-refractivity contribution in [1.82, 2.24) is 0 Å². The summed E-state index contributed by atoms with van der Waals surface area (Å²) in [5.41, 5.74) is 1.81. The third-order valence-electron chi connectivity index (χ3n) is 3.45. The molecule has 1 fully saturated rings. The van der Waals surface area contributed by atoms with Crippen molar-refractivity contribution in [2.45, 2.75) is 50.7 Å². The Kier molecular flexibility index (Phi) is 5.16. The molecule has 0 aliphatic heterocycles. The van der Waals surface area contributed by atoms with Crippen LogP contribution in [0.25, 0.3) is 0 Å². The minimum atomic E-state index is -0.456. The summed E-state index contributed by atoms with van der Waals surface area (Å²) >= 11 is 0. The molecule has 0 saturated heterocycles. The standard InChI is InChI=1S/C15H24O2/c1-5-10-17-15(8-6-12(2)3)9-7-13(4)11-14(15)16/h5,14,16H,1-2,4,6-11H2,3H3/t14-,15-/m1/s1. The van der Waals surface area contributed by atoms with Crippen LogP contribution in [0.15, 0.2) is 37.0 Å². The zero-order chi connectivity index (χ0) is 12.9. The minimum Gasteiger partial charge on any atom is -0.390 e. The van der Waals surface area contributed by atoms with E-state index in [0.717, 1.165) is 36.8 Å². The SMILES string of the molecule is C=CCO[C@]1(CCC(=C)C)CCC(=C)C[C@H]1O. The molecule has 17 heavy (non-hydrogen) atoms. The van der Waals surface area contributed by atoms with Crippen LogP contribution in [0.1, 0.15) is 39.0 Å². The first kappa shape index (κ1) is 14.2. The van der Waals surface area contributed by atoms with E-state index in [2.05, 4.69) is 19.7 Å². The molecule has 1 saturated carbocycles. The Balaban J connectivity index is 2.72. The van der Waals surface area contributed by atoms with E-state index in [9.17, 15) is 5.11 Å². The minimum absolute atomic E-state index is 0.436. The van der Waals surface area contributed by atoms with E-state index in [1.54, 1.807) is 6.08 Å². The second kappa shape index (κ2) is 6.18. The van der Waals surface area contributed by atoms with Crippen molar-refractivity contribution >= 4 is 0 Å². The van der Waals surface area contributed by atoms with Crippen molar-refractivity contribution in [2.24, 2.45) is 0 Å². The summed E-state index contributed by atoms with van der Waals surface area (Å²) in [6.45, 7) is 14.0. The average molecular weight is 236 g/mol. The third-order valence-corrected chi connectivity index (χ3v) is 3.45. The Hall–Kier alpha value is -0.860. The maximum Gasteiger partial charge on any atom is 0.0953 e. The van der Waals surface area contributed by atoms with E-state index in [-0.39, 0.29) is 0 Å². The van der Waals surface area contributed by atoms with Gasteiger partial charge < -0.3 is 9.84 Å². The van der Waals surface area contributed by atoms with E-state index in [4.69, 9.17) is 4.74 Å². The van der Waals surface area contributed by atoms with E-state index < -0.39 is 11.7 Å². The maximum absolute atomic E-state index is 10.3. The zero-order valence-corrected chi connectivity index (χ0v) is 10.9. The highest BCUT2D eigenvalue weighted by atomic mass is 16.5. The highest BCUT2D eigenvalue weighted by molar-refractivity contribution is 5.09. The molecule has 0 aromatic carbocycles. The van der Waals surface area contributed by atoms with Crippen LogP contribution < -0.4 is 0 Å². The lowest BCUT2D eigenvalue weighted by Crippen LogP contribution is -2.47. The van der Waals surface area contributed by atoms with Gasteiger partial charge in [-0.15, -0.1) is 13.2 Å². The van der Waals surface area contributed by atoms with Gasteiger partial charge in [0, 0.05) is 0 Å². The van der Waals surface area contributed by atoms with Crippen LogP contribution in [-0.2, 0) is 4.74 Å². The summed E-state index contributed by atoms with van der Waals surface area (Å²) in [7, 11) is 0. The number of hydrogen-bond donors (Lipinski definition) is 1. The zero-order valence-electron chi connectivity index (χ0n) is 10.9. The number of hydrogen-bond acceptors (Lipinski definition) is 2. The lowest BCUT2D eigenvalue weighted by Gasteiger charge is -2.42. The van der Waals surface area contributed by atoms with Crippen LogP contribution in [0.4, 0.5) is 0 Å². The van der Waals surface area contributed by atoms with Crippen molar-refractivity contribution < 1.29 is 9.84 Å². The normalized spacial score (nSPS) is 29.1. The molecule has 96 valence electrons. The number of allylic oxidation sites excluding steroid dienone is 1. The largest absolute Gasteiger partial charge is 0.390 e. The summed E-state index contributed by atoms with van der Waals surface area (Å²) < 4.78 is 5.88. The Bertz CT molecular complexity index is 302. The first-order valence-corrected chi connectivity index (χ1v) is 6.24. The van der Waals surface area contributed by atoms with Gasteiger partial charge in [0.1, 0.15) is 0 Å². The quantitative estimate of drug-likeness (QED) is 0.716. The van der Waals surface area contributed by atoms with Gasteiger partial charge >= 0.3 is 0 Å². The van der Waals surface area contributed by atoms with E-state index in [0.29, 0.717) is 13.0 Å². The fraction of sp³-hybridized carbons (Fsp3) is 0.600. The molecule has 0 unspecified atom stereocenters. The van der Waals surface area contributed by atoms with Crippen LogP contribution in [0.5, 0.6) is 0 Å². The summed E-state index contributed by atoms with van der Waals surface area (Å²) in [4.78, 5) is 0. The van der Waals surface area contributed by atoms with Crippen LogP contribution in [-0.4, -0.2) is 23.4 Å².